The molecule has 3 unspecified atom stereocenters. The fraction of sp³-hybridized carbons (Fsp3) is 0.450. The number of carbonyl (C=O) groups is 3. The Morgan fingerprint density at radius 1 is 0.917 bits per heavy atom. The van der Waals surface area contributed by atoms with Crippen molar-refractivity contribution in [2.75, 3.05) is 4.90 Å². The minimum atomic E-state index is -0.290. The van der Waals surface area contributed by atoms with Gasteiger partial charge in [0, 0.05) is 12.8 Å². The maximum atomic E-state index is 13.1. The zero-order valence-corrected chi connectivity index (χ0v) is 13.8. The molecule has 124 valence electrons. The molecule has 0 aromatic heterocycles. The molecule has 4 heteroatoms. The molecule has 1 saturated heterocycles. The predicted molar refractivity (Wildman–Crippen MR) is 90.2 cm³/mol. The highest BCUT2D eigenvalue weighted by Crippen LogP contribution is 2.49. The second-order valence-electron chi connectivity index (χ2n) is 7.17. The molecule has 1 aromatic carbocycles. The number of fused-ring (bicyclic) bond motifs is 3. The molecule has 1 saturated carbocycles. The molecule has 0 bridgehead atoms. The van der Waals surface area contributed by atoms with E-state index in [1.54, 1.807) is 0 Å². The van der Waals surface area contributed by atoms with Gasteiger partial charge in [-0.3, -0.25) is 19.3 Å². The third kappa shape index (κ3) is 2.24. The summed E-state index contributed by atoms with van der Waals surface area (Å²) in [6.07, 6.45) is 3.21. The summed E-state index contributed by atoms with van der Waals surface area (Å²) in [6, 6.07) is 9.19. The first-order chi connectivity index (χ1) is 11.6. The van der Waals surface area contributed by atoms with Gasteiger partial charge >= 0.3 is 0 Å². The Bertz CT molecular complexity index is 749. The van der Waals surface area contributed by atoms with Crippen LogP contribution in [0.15, 0.2) is 41.5 Å². The van der Waals surface area contributed by atoms with Crippen molar-refractivity contribution >= 4 is 23.3 Å². The lowest BCUT2D eigenvalue weighted by Gasteiger charge is -2.33. The summed E-state index contributed by atoms with van der Waals surface area (Å²) in [5, 5.41) is 0. The van der Waals surface area contributed by atoms with Crippen molar-refractivity contribution in [1.82, 2.24) is 0 Å². The number of rotatable bonds is 1. The molecular weight excluding hydrogens is 302 g/mol. The summed E-state index contributed by atoms with van der Waals surface area (Å²) >= 11 is 0. The first-order valence-electron chi connectivity index (χ1n) is 8.71. The van der Waals surface area contributed by atoms with E-state index in [9.17, 15) is 14.4 Å². The average molecular weight is 323 g/mol. The first kappa shape index (κ1) is 15.3. The Morgan fingerprint density at radius 3 is 2.42 bits per heavy atom. The van der Waals surface area contributed by atoms with E-state index < -0.39 is 0 Å². The number of hydrogen-bond acceptors (Lipinski definition) is 3. The van der Waals surface area contributed by atoms with E-state index in [0.717, 1.165) is 6.42 Å². The fourth-order valence-corrected chi connectivity index (χ4v) is 4.71. The lowest BCUT2D eigenvalue weighted by atomic mass is 9.68. The average Bonchev–Trinajstić information content (AvgIpc) is 2.72. The molecule has 24 heavy (non-hydrogen) atoms. The van der Waals surface area contributed by atoms with Gasteiger partial charge in [-0.05, 0) is 44.2 Å². The predicted octanol–water partition coefficient (Wildman–Crippen LogP) is 3.27. The van der Waals surface area contributed by atoms with E-state index in [4.69, 9.17) is 0 Å². The van der Waals surface area contributed by atoms with Gasteiger partial charge in [0.2, 0.25) is 11.8 Å². The summed E-state index contributed by atoms with van der Waals surface area (Å²) in [5.74, 6) is -0.383. The number of nitrogens with zero attached hydrogens (tertiary/aromatic N) is 1. The van der Waals surface area contributed by atoms with Crippen molar-refractivity contribution < 1.29 is 14.4 Å². The molecule has 0 radical (unpaired) electrons. The summed E-state index contributed by atoms with van der Waals surface area (Å²) in [4.78, 5) is 39.3. The molecule has 0 spiro atoms. The number of Topliss-reactive ketones (excluding diaryl/α,β-unsaturated/α-hetero) is 1. The number of amides is 2. The molecule has 3 atom stereocenters. The first-order valence-corrected chi connectivity index (χ1v) is 8.71. The Labute approximate surface area is 141 Å². The molecule has 0 N–H and O–H groups in total. The van der Waals surface area contributed by atoms with Crippen molar-refractivity contribution in [3.05, 3.63) is 41.5 Å². The number of carbonyl (C=O) groups excluding carboxylic acids is 3. The van der Waals surface area contributed by atoms with E-state index in [2.05, 4.69) is 6.92 Å². The highest BCUT2D eigenvalue weighted by molar-refractivity contribution is 6.22. The van der Waals surface area contributed by atoms with Gasteiger partial charge < -0.3 is 0 Å². The van der Waals surface area contributed by atoms with Gasteiger partial charge in [-0.15, -0.1) is 0 Å². The molecule has 4 rings (SSSR count). The van der Waals surface area contributed by atoms with Crippen LogP contribution in [0, 0.1) is 17.8 Å². The van der Waals surface area contributed by atoms with Gasteiger partial charge in [0.25, 0.3) is 0 Å². The number of imide groups is 1. The molecule has 3 aliphatic rings. The molecule has 1 heterocycles. The van der Waals surface area contributed by atoms with Crippen LogP contribution in [0.2, 0.25) is 0 Å². The smallest absolute Gasteiger partial charge is 0.238 e. The molecule has 2 amide bonds. The third-order valence-electron chi connectivity index (χ3n) is 5.85. The van der Waals surface area contributed by atoms with Gasteiger partial charge in [-0.2, -0.15) is 0 Å². The summed E-state index contributed by atoms with van der Waals surface area (Å²) in [5.41, 5.74) is 3.14. The molecule has 2 fully saturated rings. The second-order valence-corrected chi connectivity index (χ2v) is 7.17. The Hall–Kier alpha value is -2.23. The van der Waals surface area contributed by atoms with E-state index in [1.807, 2.05) is 30.3 Å². The number of ketones is 1. The topological polar surface area (TPSA) is 54.5 Å². The monoisotopic (exact) mass is 323 g/mol. The van der Waals surface area contributed by atoms with Gasteiger partial charge in [-0.25, -0.2) is 0 Å². The van der Waals surface area contributed by atoms with Gasteiger partial charge in [0.15, 0.2) is 0 Å². The van der Waals surface area contributed by atoms with Crippen molar-refractivity contribution in [1.29, 1.82) is 0 Å². The van der Waals surface area contributed by atoms with Crippen molar-refractivity contribution in [2.45, 2.75) is 39.0 Å². The van der Waals surface area contributed by atoms with Crippen LogP contribution in [0.3, 0.4) is 0 Å². The van der Waals surface area contributed by atoms with Crippen LogP contribution < -0.4 is 4.90 Å². The number of anilines is 1. The summed E-state index contributed by atoms with van der Waals surface area (Å²) < 4.78 is 0. The van der Waals surface area contributed by atoms with Crippen LogP contribution in [0.5, 0.6) is 0 Å². The van der Waals surface area contributed by atoms with Crippen LogP contribution in [-0.2, 0) is 14.4 Å². The lowest BCUT2D eigenvalue weighted by Crippen LogP contribution is -2.33. The third-order valence-corrected chi connectivity index (χ3v) is 5.85. The highest BCUT2D eigenvalue weighted by atomic mass is 16.2. The SMILES string of the molecule is CC1=C2CCC(=O)CCC2C2C(=O)N(c3ccccc3)C(=O)C2C1. The number of para-hydroxylation sites is 1. The number of benzene rings is 1. The van der Waals surface area contributed by atoms with E-state index in [1.165, 1.54) is 16.0 Å². The zero-order valence-electron chi connectivity index (χ0n) is 13.8. The quantitative estimate of drug-likeness (QED) is 0.589. The van der Waals surface area contributed by atoms with Crippen molar-refractivity contribution in [2.24, 2.45) is 17.8 Å². The zero-order chi connectivity index (χ0) is 16.8. The maximum Gasteiger partial charge on any atom is 0.238 e. The van der Waals surface area contributed by atoms with Crippen molar-refractivity contribution in [3.63, 3.8) is 0 Å². The van der Waals surface area contributed by atoms with Crippen LogP contribution in [0.25, 0.3) is 0 Å². The fourth-order valence-electron chi connectivity index (χ4n) is 4.71. The van der Waals surface area contributed by atoms with Crippen molar-refractivity contribution in [3.8, 4) is 0 Å². The Morgan fingerprint density at radius 2 is 1.67 bits per heavy atom. The standard InChI is InChI=1S/C20H21NO3/c1-12-11-17-18(16-10-8-14(22)7-9-15(12)16)20(24)21(19(17)23)13-5-3-2-4-6-13/h2-6,16-18H,7-11H2,1H3. The molecule has 1 aromatic rings. The van der Waals surface area contributed by atoms with Crippen LogP contribution >= 0.6 is 0 Å². The van der Waals surface area contributed by atoms with Gasteiger partial charge in [-0.1, -0.05) is 29.3 Å². The van der Waals surface area contributed by atoms with E-state index in [0.29, 0.717) is 31.4 Å². The molecule has 4 nitrogen and oxygen atoms in total. The second kappa shape index (κ2) is 5.69. The Kier molecular flexibility index (Phi) is 3.63. The summed E-state index contributed by atoms with van der Waals surface area (Å²) in [7, 11) is 0. The van der Waals surface area contributed by atoms with Crippen LogP contribution in [0.1, 0.15) is 39.0 Å². The van der Waals surface area contributed by atoms with E-state index in [-0.39, 0.29) is 35.4 Å². The number of hydrogen-bond donors (Lipinski definition) is 0. The number of allylic oxidation sites excluding steroid dienone is 2. The summed E-state index contributed by atoms with van der Waals surface area (Å²) in [6.45, 7) is 2.07. The normalized spacial score (nSPS) is 30.3. The molecule has 1 aliphatic heterocycles. The van der Waals surface area contributed by atoms with Gasteiger partial charge in [0.1, 0.15) is 5.78 Å². The maximum absolute atomic E-state index is 13.1. The van der Waals surface area contributed by atoms with Gasteiger partial charge in [0.05, 0.1) is 17.5 Å². The molecule has 2 aliphatic carbocycles. The lowest BCUT2D eigenvalue weighted by molar-refractivity contribution is -0.123. The Balaban J connectivity index is 1.73. The highest BCUT2D eigenvalue weighted by Gasteiger charge is 2.54. The minimum absolute atomic E-state index is 0.0559. The minimum Gasteiger partial charge on any atom is -0.300 e. The van der Waals surface area contributed by atoms with Crippen LogP contribution in [0.4, 0.5) is 5.69 Å². The van der Waals surface area contributed by atoms with E-state index >= 15 is 0 Å². The molecular formula is C20H21NO3. The van der Waals surface area contributed by atoms with Crippen LogP contribution in [-0.4, -0.2) is 17.6 Å². The largest absolute Gasteiger partial charge is 0.300 e.